The van der Waals surface area contributed by atoms with Crippen molar-refractivity contribution >= 4 is 11.9 Å². The van der Waals surface area contributed by atoms with Gasteiger partial charge in [0.1, 0.15) is 5.69 Å². The fraction of sp³-hybridized carbons (Fsp3) is 0.500. The average Bonchev–Trinajstić information content (AvgIpc) is 2.61. The van der Waals surface area contributed by atoms with Crippen molar-refractivity contribution in [2.75, 3.05) is 0 Å². The first-order valence-electron chi connectivity index (χ1n) is 5.69. The van der Waals surface area contributed by atoms with Crippen LogP contribution in [-0.2, 0) is 11.3 Å². The second kappa shape index (κ2) is 5.81. The van der Waals surface area contributed by atoms with Gasteiger partial charge in [-0.1, -0.05) is 0 Å². The van der Waals surface area contributed by atoms with Crippen LogP contribution >= 0.6 is 0 Å². The van der Waals surface area contributed by atoms with Gasteiger partial charge in [0.25, 0.3) is 12.3 Å². The highest BCUT2D eigenvalue weighted by molar-refractivity contribution is 5.93. The highest BCUT2D eigenvalue weighted by Gasteiger charge is 2.25. The smallest absolute Gasteiger partial charge is 0.305 e. The number of carbonyl (C=O) groups excluding carboxylic acids is 1. The molecule has 0 saturated carbocycles. The summed E-state index contributed by atoms with van der Waals surface area (Å²) >= 11 is 0. The molecule has 1 amide bonds. The van der Waals surface area contributed by atoms with Crippen LogP contribution in [0.5, 0.6) is 0 Å². The van der Waals surface area contributed by atoms with Gasteiger partial charge in [-0.2, -0.15) is 0 Å². The molecular formula is C12H16F2N2O3. The summed E-state index contributed by atoms with van der Waals surface area (Å²) in [5, 5.41) is 11.2. The van der Waals surface area contributed by atoms with E-state index in [2.05, 4.69) is 5.32 Å². The molecule has 0 aliphatic rings. The molecule has 0 aliphatic heterocycles. The molecule has 1 heterocycles. The molecule has 0 atom stereocenters. The number of aromatic nitrogens is 1. The van der Waals surface area contributed by atoms with Gasteiger partial charge in [0.2, 0.25) is 0 Å². The SMILES string of the molecule is CC(C)(CC(=O)O)NC(=O)c1cccn1CC(F)F. The molecule has 1 rings (SSSR count). The van der Waals surface area contributed by atoms with Crippen LogP contribution in [0, 0.1) is 0 Å². The molecule has 0 bridgehead atoms. The summed E-state index contributed by atoms with van der Waals surface area (Å²) in [6, 6.07) is 2.90. The third kappa shape index (κ3) is 4.69. The van der Waals surface area contributed by atoms with Crippen LogP contribution in [-0.4, -0.2) is 33.5 Å². The summed E-state index contributed by atoms with van der Waals surface area (Å²) in [7, 11) is 0. The van der Waals surface area contributed by atoms with E-state index in [0.29, 0.717) is 0 Å². The molecule has 0 radical (unpaired) electrons. The van der Waals surface area contributed by atoms with Gasteiger partial charge in [0.05, 0.1) is 13.0 Å². The van der Waals surface area contributed by atoms with E-state index < -0.39 is 30.4 Å². The minimum atomic E-state index is -2.56. The third-order valence-electron chi connectivity index (χ3n) is 2.44. The lowest BCUT2D eigenvalue weighted by molar-refractivity contribution is -0.138. The van der Waals surface area contributed by atoms with E-state index in [1.165, 1.54) is 18.3 Å². The predicted molar refractivity (Wildman–Crippen MR) is 64.2 cm³/mol. The molecule has 106 valence electrons. The van der Waals surface area contributed by atoms with Crippen LogP contribution in [0.15, 0.2) is 18.3 Å². The molecule has 2 N–H and O–H groups in total. The minimum absolute atomic E-state index is 0.0822. The Bertz CT molecular complexity index is 469. The Kier molecular flexibility index (Phi) is 4.63. The number of amides is 1. The van der Waals surface area contributed by atoms with Crippen LogP contribution in [0.25, 0.3) is 0 Å². The normalized spacial score (nSPS) is 11.6. The number of rotatable bonds is 6. The van der Waals surface area contributed by atoms with E-state index in [4.69, 9.17) is 5.11 Å². The van der Waals surface area contributed by atoms with Crippen LogP contribution in [0.2, 0.25) is 0 Å². The summed E-state index contributed by atoms with van der Waals surface area (Å²) < 4.78 is 25.8. The Morgan fingerprint density at radius 2 is 2.11 bits per heavy atom. The Balaban J connectivity index is 2.78. The zero-order valence-electron chi connectivity index (χ0n) is 10.7. The van der Waals surface area contributed by atoms with E-state index in [1.54, 1.807) is 13.8 Å². The lowest BCUT2D eigenvalue weighted by atomic mass is 10.0. The summed E-state index contributed by atoms with van der Waals surface area (Å²) in [4.78, 5) is 22.6. The van der Waals surface area contributed by atoms with Crippen molar-refractivity contribution in [3.63, 3.8) is 0 Å². The Morgan fingerprint density at radius 3 is 2.63 bits per heavy atom. The van der Waals surface area contributed by atoms with Gasteiger partial charge >= 0.3 is 5.97 Å². The zero-order valence-corrected chi connectivity index (χ0v) is 10.7. The van der Waals surface area contributed by atoms with Crippen molar-refractivity contribution < 1.29 is 23.5 Å². The molecule has 0 aromatic carbocycles. The predicted octanol–water partition coefficient (Wildman–Crippen LogP) is 1.74. The second-order valence-corrected chi connectivity index (χ2v) is 4.85. The van der Waals surface area contributed by atoms with Crippen molar-refractivity contribution in [1.82, 2.24) is 9.88 Å². The molecule has 19 heavy (non-hydrogen) atoms. The van der Waals surface area contributed by atoms with Crippen LogP contribution in [0.3, 0.4) is 0 Å². The zero-order chi connectivity index (χ0) is 14.6. The van der Waals surface area contributed by atoms with Gasteiger partial charge in [-0.25, -0.2) is 8.78 Å². The van der Waals surface area contributed by atoms with E-state index in [0.717, 1.165) is 4.57 Å². The van der Waals surface area contributed by atoms with Crippen molar-refractivity contribution in [3.8, 4) is 0 Å². The van der Waals surface area contributed by atoms with Crippen LogP contribution in [0.4, 0.5) is 8.78 Å². The van der Waals surface area contributed by atoms with Gasteiger partial charge < -0.3 is 15.0 Å². The Morgan fingerprint density at radius 1 is 1.47 bits per heavy atom. The topological polar surface area (TPSA) is 71.3 Å². The highest BCUT2D eigenvalue weighted by atomic mass is 19.3. The van der Waals surface area contributed by atoms with E-state index in [1.807, 2.05) is 0 Å². The Labute approximate surface area is 109 Å². The van der Waals surface area contributed by atoms with Gasteiger partial charge in [0, 0.05) is 11.7 Å². The number of nitrogens with one attached hydrogen (secondary N) is 1. The number of halogens is 2. The van der Waals surface area contributed by atoms with Gasteiger partial charge in [-0.05, 0) is 26.0 Å². The maximum atomic E-state index is 12.3. The number of hydrogen-bond acceptors (Lipinski definition) is 2. The molecule has 5 nitrogen and oxygen atoms in total. The van der Waals surface area contributed by atoms with Crippen molar-refractivity contribution in [2.24, 2.45) is 0 Å². The molecule has 0 saturated heterocycles. The number of alkyl halides is 2. The number of aliphatic carboxylic acids is 1. The third-order valence-corrected chi connectivity index (χ3v) is 2.44. The number of carbonyl (C=O) groups is 2. The molecule has 7 heteroatoms. The first-order valence-corrected chi connectivity index (χ1v) is 5.69. The molecule has 0 fully saturated rings. The monoisotopic (exact) mass is 274 g/mol. The van der Waals surface area contributed by atoms with E-state index in [9.17, 15) is 18.4 Å². The Hall–Kier alpha value is -1.92. The number of carboxylic acid groups (broad SMARTS) is 1. The fourth-order valence-corrected chi connectivity index (χ4v) is 1.72. The summed E-state index contributed by atoms with van der Waals surface area (Å²) in [5.74, 6) is -1.62. The molecule has 0 unspecified atom stereocenters. The maximum Gasteiger partial charge on any atom is 0.305 e. The van der Waals surface area contributed by atoms with Gasteiger partial charge in [0.15, 0.2) is 0 Å². The standard InChI is InChI=1S/C12H16F2N2O3/c1-12(2,6-10(17)18)15-11(19)8-4-3-5-16(8)7-9(13)14/h3-5,9H,6-7H2,1-2H3,(H,15,19)(H,17,18). The minimum Gasteiger partial charge on any atom is -0.481 e. The molecule has 0 aliphatic carbocycles. The lowest BCUT2D eigenvalue weighted by Gasteiger charge is -2.24. The summed E-state index contributed by atoms with van der Waals surface area (Å²) in [5.41, 5.74) is -0.873. The molecular weight excluding hydrogens is 258 g/mol. The van der Waals surface area contributed by atoms with Gasteiger partial charge in [-0.3, -0.25) is 9.59 Å². The van der Waals surface area contributed by atoms with Crippen LogP contribution in [0.1, 0.15) is 30.8 Å². The van der Waals surface area contributed by atoms with Gasteiger partial charge in [-0.15, -0.1) is 0 Å². The quantitative estimate of drug-likeness (QED) is 0.830. The largest absolute Gasteiger partial charge is 0.481 e. The number of nitrogens with zero attached hydrogens (tertiary/aromatic N) is 1. The lowest BCUT2D eigenvalue weighted by Crippen LogP contribution is -2.45. The first-order chi connectivity index (χ1) is 8.71. The average molecular weight is 274 g/mol. The van der Waals surface area contributed by atoms with Crippen LogP contribution < -0.4 is 5.32 Å². The van der Waals surface area contributed by atoms with E-state index >= 15 is 0 Å². The number of hydrogen-bond donors (Lipinski definition) is 2. The summed E-state index contributed by atoms with van der Waals surface area (Å²) in [6.07, 6.45) is -1.44. The first kappa shape index (κ1) is 15.1. The number of carboxylic acids is 1. The van der Waals surface area contributed by atoms with Crippen molar-refractivity contribution in [1.29, 1.82) is 0 Å². The molecule has 0 spiro atoms. The molecule has 1 aromatic rings. The van der Waals surface area contributed by atoms with E-state index in [-0.39, 0.29) is 12.1 Å². The summed E-state index contributed by atoms with van der Waals surface area (Å²) in [6.45, 7) is 2.54. The second-order valence-electron chi connectivity index (χ2n) is 4.85. The maximum absolute atomic E-state index is 12.3. The molecule has 1 aromatic heterocycles. The highest BCUT2D eigenvalue weighted by Crippen LogP contribution is 2.12. The van der Waals surface area contributed by atoms with Crippen molar-refractivity contribution in [3.05, 3.63) is 24.0 Å². The fourth-order valence-electron chi connectivity index (χ4n) is 1.72. The van der Waals surface area contributed by atoms with Crippen molar-refractivity contribution in [2.45, 2.75) is 38.8 Å².